The topological polar surface area (TPSA) is 80.9 Å². The molecule has 0 atom stereocenters. The van der Waals surface area contributed by atoms with Gasteiger partial charge in [-0.1, -0.05) is 33.3 Å². The highest BCUT2D eigenvalue weighted by Gasteiger charge is 2.24. The summed E-state index contributed by atoms with van der Waals surface area (Å²) in [4.78, 5) is 15.2. The van der Waals surface area contributed by atoms with E-state index in [1.54, 1.807) is 29.1 Å². The maximum Gasteiger partial charge on any atom is 0.273 e. The van der Waals surface area contributed by atoms with Crippen LogP contribution in [0.2, 0.25) is 0 Å². The first-order chi connectivity index (χ1) is 17.4. The first-order valence-corrected chi connectivity index (χ1v) is 13.2. The monoisotopic (exact) mass is 615 g/mol. The Morgan fingerprint density at radius 2 is 1.86 bits per heavy atom. The lowest BCUT2D eigenvalue weighted by Gasteiger charge is -2.31. The van der Waals surface area contributed by atoms with Gasteiger partial charge in [-0.25, -0.2) is 13.8 Å². The Morgan fingerprint density at radius 3 is 2.61 bits per heavy atom. The second kappa shape index (κ2) is 10.6. The SMILES string of the molecule is Cc1cc(-n2cc(CN3CCC(NC(=O)c4nn(-c5ccccc5F)cc4Br)CC3)nn2)ccc1Br. The molecule has 5 rings (SSSR count). The van der Waals surface area contributed by atoms with Gasteiger partial charge in [0, 0.05) is 36.3 Å². The summed E-state index contributed by atoms with van der Waals surface area (Å²) in [6, 6.07) is 12.4. The van der Waals surface area contributed by atoms with Gasteiger partial charge in [-0.3, -0.25) is 9.69 Å². The Kier molecular flexibility index (Phi) is 7.31. The number of nitrogens with one attached hydrogen (secondary N) is 1. The van der Waals surface area contributed by atoms with E-state index in [4.69, 9.17) is 0 Å². The molecule has 8 nitrogen and oxygen atoms in total. The summed E-state index contributed by atoms with van der Waals surface area (Å²) >= 11 is 6.91. The van der Waals surface area contributed by atoms with Crippen molar-refractivity contribution in [1.82, 2.24) is 35.0 Å². The van der Waals surface area contributed by atoms with Crippen molar-refractivity contribution in [3.8, 4) is 11.4 Å². The minimum absolute atomic E-state index is 0.0423. The average molecular weight is 617 g/mol. The minimum Gasteiger partial charge on any atom is -0.348 e. The number of likely N-dealkylation sites (tertiary alicyclic amines) is 1. The standard InChI is InChI=1S/C25H24Br2FN7O/c1-16-12-19(6-7-20(16)26)34-14-18(30-32-34)13-33-10-8-17(9-11-33)29-25(36)24-21(27)15-35(31-24)23-5-3-2-4-22(23)28/h2-7,12,14-15,17H,8-11,13H2,1H3,(H,29,36). The van der Waals surface area contributed by atoms with Gasteiger partial charge in [0.05, 0.1) is 22.1 Å². The average Bonchev–Trinajstić information content (AvgIpc) is 3.49. The van der Waals surface area contributed by atoms with Crippen molar-refractivity contribution < 1.29 is 9.18 Å². The zero-order valence-electron chi connectivity index (χ0n) is 19.5. The maximum atomic E-state index is 14.1. The number of nitrogens with zero attached hydrogens (tertiary/aromatic N) is 6. The van der Waals surface area contributed by atoms with Crippen LogP contribution in [0.4, 0.5) is 4.39 Å². The molecule has 4 aromatic rings. The molecule has 3 heterocycles. The molecule has 2 aromatic carbocycles. The van der Waals surface area contributed by atoms with Crippen molar-refractivity contribution in [3.05, 3.63) is 86.6 Å². The first-order valence-electron chi connectivity index (χ1n) is 11.6. The molecule has 0 bridgehead atoms. The van der Waals surface area contributed by atoms with Crippen molar-refractivity contribution in [1.29, 1.82) is 0 Å². The van der Waals surface area contributed by atoms with Crippen molar-refractivity contribution in [2.24, 2.45) is 0 Å². The van der Waals surface area contributed by atoms with Crippen LogP contribution in [0, 0.1) is 12.7 Å². The number of piperidine rings is 1. The van der Waals surface area contributed by atoms with E-state index < -0.39 is 5.82 Å². The third-order valence-electron chi connectivity index (χ3n) is 6.24. The third-order valence-corrected chi connectivity index (χ3v) is 7.71. The Labute approximate surface area is 224 Å². The van der Waals surface area contributed by atoms with Gasteiger partial charge >= 0.3 is 0 Å². The predicted octanol–water partition coefficient (Wildman–Crippen LogP) is 4.82. The van der Waals surface area contributed by atoms with Crippen LogP contribution in [0.1, 0.15) is 34.6 Å². The number of benzene rings is 2. The van der Waals surface area contributed by atoms with Gasteiger partial charge in [-0.05, 0) is 71.6 Å². The number of amides is 1. The molecule has 0 unspecified atom stereocenters. The minimum atomic E-state index is -0.404. The number of hydrogen-bond donors (Lipinski definition) is 1. The van der Waals surface area contributed by atoms with E-state index in [1.807, 2.05) is 25.3 Å². The van der Waals surface area contributed by atoms with Crippen LogP contribution in [0.25, 0.3) is 11.4 Å². The lowest BCUT2D eigenvalue weighted by Crippen LogP contribution is -2.44. The van der Waals surface area contributed by atoms with Crippen LogP contribution < -0.4 is 5.32 Å². The number of aromatic nitrogens is 5. The van der Waals surface area contributed by atoms with E-state index in [0.29, 0.717) is 11.0 Å². The van der Waals surface area contributed by atoms with E-state index in [1.165, 1.54) is 10.7 Å². The quantitative estimate of drug-likeness (QED) is 0.336. The molecule has 1 amide bonds. The third kappa shape index (κ3) is 5.42. The molecular formula is C25H24Br2FN7O. The summed E-state index contributed by atoms with van der Waals surface area (Å²) in [5.74, 6) is -0.679. The number of hydrogen-bond acceptors (Lipinski definition) is 5. The molecule has 0 radical (unpaired) electrons. The Morgan fingerprint density at radius 1 is 1.08 bits per heavy atom. The molecule has 1 aliphatic rings. The summed E-state index contributed by atoms with van der Waals surface area (Å²) in [5.41, 5.74) is 3.54. The summed E-state index contributed by atoms with van der Waals surface area (Å²) < 4.78 is 18.9. The van der Waals surface area contributed by atoms with Crippen molar-refractivity contribution >= 4 is 37.8 Å². The van der Waals surface area contributed by atoms with Crippen molar-refractivity contribution in [3.63, 3.8) is 0 Å². The van der Waals surface area contributed by atoms with Gasteiger partial charge in [-0.15, -0.1) is 5.10 Å². The molecule has 1 aliphatic heterocycles. The summed E-state index contributed by atoms with van der Waals surface area (Å²) in [6.07, 6.45) is 5.19. The van der Waals surface area contributed by atoms with Gasteiger partial charge in [0.1, 0.15) is 11.5 Å². The molecule has 11 heteroatoms. The highest BCUT2D eigenvalue weighted by atomic mass is 79.9. The van der Waals surface area contributed by atoms with Crippen LogP contribution in [0.15, 0.2) is 63.8 Å². The zero-order chi connectivity index (χ0) is 25.2. The molecule has 0 spiro atoms. The molecule has 1 saturated heterocycles. The van der Waals surface area contributed by atoms with E-state index in [2.05, 4.69) is 63.6 Å². The van der Waals surface area contributed by atoms with Crippen LogP contribution in [0.5, 0.6) is 0 Å². The smallest absolute Gasteiger partial charge is 0.273 e. The molecule has 0 aliphatic carbocycles. The number of aryl methyl sites for hydroxylation is 1. The number of rotatable bonds is 6. The number of halogens is 3. The van der Waals surface area contributed by atoms with Gasteiger partial charge in [-0.2, -0.15) is 5.10 Å². The lowest BCUT2D eigenvalue weighted by atomic mass is 10.0. The van der Waals surface area contributed by atoms with Crippen LogP contribution >= 0.6 is 31.9 Å². The fraction of sp³-hybridized carbons (Fsp3) is 0.280. The summed E-state index contributed by atoms with van der Waals surface area (Å²) in [6.45, 7) is 4.41. The van der Waals surface area contributed by atoms with E-state index in [9.17, 15) is 9.18 Å². The van der Waals surface area contributed by atoms with Crippen LogP contribution in [-0.2, 0) is 6.54 Å². The van der Waals surface area contributed by atoms with E-state index in [-0.39, 0.29) is 23.3 Å². The number of para-hydroxylation sites is 1. The lowest BCUT2D eigenvalue weighted by molar-refractivity contribution is 0.0902. The van der Waals surface area contributed by atoms with Crippen LogP contribution in [0.3, 0.4) is 0 Å². The molecule has 0 saturated carbocycles. The van der Waals surface area contributed by atoms with Crippen LogP contribution in [-0.4, -0.2) is 54.7 Å². The highest BCUT2D eigenvalue weighted by molar-refractivity contribution is 9.10. The Hall–Kier alpha value is -2.89. The molecule has 186 valence electrons. The van der Waals surface area contributed by atoms with E-state index >= 15 is 0 Å². The normalized spacial score (nSPS) is 14.8. The van der Waals surface area contributed by atoms with Crippen molar-refractivity contribution in [2.75, 3.05) is 13.1 Å². The molecule has 36 heavy (non-hydrogen) atoms. The fourth-order valence-corrected chi connectivity index (χ4v) is 4.95. The Bertz CT molecular complexity index is 1390. The molecule has 1 fully saturated rings. The fourth-order valence-electron chi connectivity index (χ4n) is 4.25. The molecular weight excluding hydrogens is 593 g/mol. The van der Waals surface area contributed by atoms with Gasteiger partial charge in [0.25, 0.3) is 5.91 Å². The zero-order valence-corrected chi connectivity index (χ0v) is 22.7. The maximum absolute atomic E-state index is 14.1. The van der Waals surface area contributed by atoms with Gasteiger partial charge in [0.15, 0.2) is 5.69 Å². The van der Waals surface area contributed by atoms with Gasteiger partial charge < -0.3 is 5.32 Å². The highest BCUT2D eigenvalue weighted by Crippen LogP contribution is 2.22. The predicted molar refractivity (Wildman–Crippen MR) is 141 cm³/mol. The second-order valence-corrected chi connectivity index (χ2v) is 10.5. The summed E-state index contributed by atoms with van der Waals surface area (Å²) in [5, 5.41) is 16.0. The second-order valence-electron chi connectivity index (χ2n) is 8.83. The molecule has 2 aromatic heterocycles. The van der Waals surface area contributed by atoms with Gasteiger partial charge in [0.2, 0.25) is 0 Å². The molecule has 1 N–H and O–H groups in total. The van der Waals surface area contributed by atoms with E-state index in [0.717, 1.165) is 47.3 Å². The largest absolute Gasteiger partial charge is 0.348 e. The first kappa shape index (κ1) is 24.8. The number of carbonyl (C=O) groups is 1. The number of carbonyl (C=O) groups excluding carboxylic acids is 1. The Balaban J connectivity index is 1.15. The summed E-state index contributed by atoms with van der Waals surface area (Å²) in [7, 11) is 0. The van der Waals surface area contributed by atoms with Crippen molar-refractivity contribution in [2.45, 2.75) is 32.4 Å².